The summed E-state index contributed by atoms with van der Waals surface area (Å²) in [7, 11) is 0. The van der Waals surface area contributed by atoms with Crippen molar-refractivity contribution in [1.82, 2.24) is 14.5 Å². The van der Waals surface area contributed by atoms with E-state index < -0.39 is 0 Å². The molecule has 96 valence electrons. The fourth-order valence-corrected chi connectivity index (χ4v) is 3.52. The summed E-state index contributed by atoms with van der Waals surface area (Å²) < 4.78 is 3.04. The van der Waals surface area contributed by atoms with Crippen molar-refractivity contribution in [2.75, 3.05) is 0 Å². The molecule has 2 aromatic rings. The van der Waals surface area contributed by atoms with Gasteiger partial charge in [0.1, 0.15) is 0 Å². The summed E-state index contributed by atoms with van der Waals surface area (Å²) >= 11 is 5.48. The molecule has 1 atom stereocenters. The molecule has 0 aromatic carbocycles. The maximum absolute atomic E-state index is 5.48. The molecule has 4 heteroatoms. The number of H-pyrrole nitrogens is 1. The lowest BCUT2D eigenvalue weighted by molar-refractivity contribution is 0.184. The number of pyridine rings is 1. The van der Waals surface area contributed by atoms with E-state index in [1.54, 1.807) is 0 Å². The minimum Gasteiger partial charge on any atom is -0.329 e. The van der Waals surface area contributed by atoms with Gasteiger partial charge >= 0.3 is 0 Å². The highest BCUT2D eigenvalue weighted by Gasteiger charge is 2.30. The number of imidazole rings is 1. The Kier molecular flexibility index (Phi) is 2.77. The van der Waals surface area contributed by atoms with Gasteiger partial charge in [-0.1, -0.05) is 20.3 Å². The van der Waals surface area contributed by atoms with Gasteiger partial charge in [0.2, 0.25) is 0 Å². The van der Waals surface area contributed by atoms with E-state index in [4.69, 9.17) is 12.2 Å². The molecule has 1 fully saturated rings. The van der Waals surface area contributed by atoms with Crippen LogP contribution < -0.4 is 0 Å². The Labute approximate surface area is 112 Å². The molecule has 2 aromatic heterocycles. The quantitative estimate of drug-likeness (QED) is 0.779. The number of nitrogens with one attached hydrogen (secondary N) is 1. The standard InChI is InChI=1S/C14H19N3S/c1-14(2)7-3-5-10(9-14)17-12-11(16-13(17)18)6-4-8-15-12/h4,6,8,10H,3,5,7,9H2,1-2H3,(H,16,18). The molecule has 1 saturated carbocycles. The largest absolute Gasteiger partial charge is 0.329 e. The van der Waals surface area contributed by atoms with Gasteiger partial charge in [-0.15, -0.1) is 0 Å². The Morgan fingerprint density at radius 2 is 2.33 bits per heavy atom. The van der Waals surface area contributed by atoms with Gasteiger partial charge < -0.3 is 4.98 Å². The fourth-order valence-electron chi connectivity index (χ4n) is 3.18. The number of hydrogen-bond acceptors (Lipinski definition) is 2. The minimum absolute atomic E-state index is 0.413. The molecule has 1 N–H and O–H groups in total. The number of nitrogens with zero attached hydrogens (tertiary/aromatic N) is 2. The molecule has 0 aliphatic heterocycles. The van der Waals surface area contributed by atoms with E-state index in [1.807, 2.05) is 18.3 Å². The van der Waals surface area contributed by atoms with Gasteiger partial charge in [-0.25, -0.2) is 4.98 Å². The van der Waals surface area contributed by atoms with Gasteiger partial charge in [-0.05, 0) is 49.0 Å². The van der Waals surface area contributed by atoms with E-state index in [0.29, 0.717) is 11.5 Å². The molecule has 0 amide bonds. The molecule has 0 saturated heterocycles. The van der Waals surface area contributed by atoms with Gasteiger partial charge in [-0.3, -0.25) is 4.57 Å². The van der Waals surface area contributed by atoms with E-state index in [9.17, 15) is 0 Å². The van der Waals surface area contributed by atoms with E-state index >= 15 is 0 Å². The maximum atomic E-state index is 5.48. The van der Waals surface area contributed by atoms with E-state index in [-0.39, 0.29) is 0 Å². The van der Waals surface area contributed by atoms with Gasteiger partial charge in [0.05, 0.1) is 5.52 Å². The lowest BCUT2D eigenvalue weighted by atomic mass is 9.75. The van der Waals surface area contributed by atoms with E-state index in [0.717, 1.165) is 15.9 Å². The Morgan fingerprint density at radius 3 is 3.11 bits per heavy atom. The average molecular weight is 261 g/mol. The Hall–Kier alpha value is -1.16. The van der Waals surface area contributed by atoms with Crippen LogP contribution in [-0.4, -0.2) is 14.5 Å². The first kappa shape index (κ1) is 11.9. The molecule has 3 nitrogen and oxygen atoms in total. The highest BCUT2D eigenvalue weighted by atomic mass is 32.1. The summed E-state index contributed by atoms with van der Waals surface area (Å²) in [5.41, 5.74) is 2.46. The van der Waals surface area contributed by atoms with Crippen molar-refractivity contribution in [3.05, 3.63) is 23.1 Å². The smallest absolute Gasteiger partial charge is 0.179 e. The van der Waals surface area contributed by atoms with Gasteiger partial charge in [0, 0.05) is 12.2 Å². The molecule has 1 aliphatic rings. The van der Waals surface area contributed by atoms with Gasteiger partial charge in [-0.2, -0.15) is 0 Å². The van der Waals surface area contributed by atoms with Crippen molar-refractivity contribution in [2.45, 2.75) is 45.6 Å². The maximum Gasteiger partial charge on any atom is 0.179 e. The second-order valence-electron chi connectivity index (χ2n) is 6.09. The second-order valence-corrected chi connectivity index (χ2v) is 6.48. The molecule has 0 spiro atoms. The van der Waals surface area contributed by atoms with Crippen LogP contribution in [0, 0.1) is 10.2 Å². The SMILES string of the molecule is CC1(C)CCCC(n2c(=S)[nH]c3cccnc32)C1. The molecule has 1 aliphatic carbocycles. The first-order valence-electron chi connectivity index (χ1n) is 6.62. The summed E-state index contributed by atoms with van der Waals surface area (Å²) in [4.78, 5) is 7.76. The van der Waals surface area contributed by atoms with Gasteiger partial charge in [0.15, 0.2) is 10.4 Å². The highest BCUT2D eigenvalue weighted by Crippen LogP contribution is 2.41. The molecule has 2 heterocycles. The molecule has 0 radical (unpaired) electrons. The second kappa shape index (κ2) is 4.19. The number of aromatic amines is 1. The van der Waals surface area contributed by atoms with Crippen LogP contribution in [-0.2, 0) is 0 Å². The predicted octanol–water partition coefficient (Wildman–Crippen LogP) is 4.24. The monoisotopic (exact) mass is 261 g/mol. The number of rotatable bonds is 1. The number of aromatic nitrogens is 3. The lowest BCUT2D eigenvalue weighted by Gasteiger charge is -2.35. The molecular weight excluding hydrogens is 242 g/mol. The fraction of sp³-hybridized carbons (Fsp3) is 0.571. The minimum atomic E-state index is 0.413. The summed E-state index contributed by atoms with van der Waals surface area (Å²) in [6.45, 7) is 4.70. The van der Waals surface area contributed by atoms with E-state index in [2.05, 4.69) is 28.4 Å². The summed E-state index contributed by atoms with van der Waals surface area (Å²) in [5.74, 6) is 0. The first-order chi connectivity index (χ1) is 8.57. The molecule has 18 heavy (non-hydrogen) atoms. The van der Waals surface area contributed by atoms with Gasteiger partial charge in [0.25, 0.3) is 0 Å². The average Bonchev–Trinajstić information content (AvgIpc) is 2.63. The van der Waals surface area contributed by atoms with Crippen LogP contribution in [0.4, 0.5) is 0 Å². The zero-order valence-corrected chi connectivity index (χ0v) is 11.8. The molecule has 0 bridgehead atoms. The molecular formula is C14H19N3S. The number of fused-ring (bicyclic) bond motifs is 1. The van der Waals surface area contributed by atoms with Crippen LogP contribution in [0.3, 0.4) is 0 Å². The van der Waals surface area contributed by atoms with Crippen LogP contribution in [0.5, 0.6) is 0 Å². The Balaban J connectivity index is 2.09. The summed E-state index contributed by atoms with van der Waals surface area (Å²) in [5, 5.41) is 0. The van der Waals surface area contributed by atoms with Crippen molar-refractivity contribution in [3.8, 4) is 0 Å². The topological polar surface area (TPSA) is 33.6 Å². The Bertz CT molecular complexity index is 623. The van der Waals surface area contributed by atoms with Crippen molar-refractivity contribution < 1.29 is 0 Å². The van der Waals surface area contributed by atoms with Crippen molar-refractivity contribution in [2.24, 2.45) is 5.41 Å². The van der Waals surface area contributed by atoms with Crippen LogP contribution in [0.25, 0.3) is 11.2 Å². The van der Waals surface area contributed by atoms with Crippen molar-refractivity contribution >= 4 is 23.4 Å². The normalized spacial score (nSPS) is 23.3. The van der Waals surface area contributed by atoms with Crippen LogP contribution in [0.1, 0.15) is 45.6 Å². The van der Waals surface area contributed by atoms with Crippen molar-refractivity contribution in [3.63, 3.8) is 0 Å². The van der Waals surface area contributed by atoms with Crippen LogP contribution in [0.15, 0.2) is 18.3 Å². The molecule has 1 unspecified atom stereocenters. The van der Waals surface area contributed by atoms with Crippen molar-refractivity contribution in [1.29, 1.82) is 0 Å². The third-order valence-electron chi connectivity index (χ3n) is 4.02. The van der Waals surface area contributed by atoms with Crippen LogP contribution >= 0.6 is 12.2 Å². The Morgan fingerprint density at radius 1 is 1.50 bits per heavy atom. The lowest BCUT2D eigenvalue weighted by Crippen LogP contribution is -2.25. The third kappa shape index (κ3) is 1.99. The predicted molar refractivity (Wildman–Crippen MR) is 76.2 cm³/mol. The molecule has 3 rings (SSSR count). The summed E-state index contributed by atoms with van der Waals surface area (Å²) in [6, 6.07) is 4.48. The highest BCUT2D eigenvalue weighted by molar-refractivity contribution is 7.71. The zero-order valence-electron chi connectivity index (χ0n) is 10.9. The number of hydrogen-bond donors (Lipinski definition) is 1. The summed E-state index contributed by atoms with van der Waals surface area (Å²) in [6.07, 6.45) is 6.83. The first-order valence-corrected chi connectivity index (χ1v) is 7.03. The van der Waals surface area contributed by atoms with E-state index in [1.165, 1.54) is 25.7 Å². The third-order valence-corrected chi connectivity index (χ3v) is 4.32. The van der Waals surface area contributed by atoms with Crippen LogP contribution in [0.2, 0.25) is 0 Å². The zero-order chi connectivity index (χ0) is 12.8.